The molecule has 1 fully saturated rings. The molecule has 2 atom stereocenters. The number of aliphatic carboxylic acids is 1. The summed E-state index contributed by atoms with van der Waals surface area (Å²) in [5.74, 6) is 0.744. The smallest absolute Gasteiger partial charge is 0.335 e. The molecule has 32 heavy (non-hydrogen) atoms. The molecular weight excluding hydrogens is 406 g/mol. The fraction of sp³-hybridized carbons (Fsp3) is 0.462. The topological polar surface area (TPSA) is 81.8 Å². The maximum Gasteiger partial charge on any atom is 0.335 e. The first-order valence-corrected chi connectivity index (χ1v) is 11.3. The molecule has 3 aromatic rings. The van der Waals surface area contributed by atoms with Crippen molar-refractivity contribution >= 4 is 16.7 Å². The van der Waals surface area contributed by atoms with Gasteiger partial charge in [-0.1, -0.05) is 36.8 Å². The fourth-order valence-electron chi connectivity index (χ4n) is 4.14. The number of carboxylic acids is 1. The summed E-state index contributed by atoms with van der Waals surface area (Å²) >= 11 is 0. The normalized spacial score (nSPS) is 19.3. The van der Waals surface area contributed by atoms with Crippen LogP contribution in [0.3, 0.4) is 0 Å². The van der Waals surface area contributed by atoms with Crippen LogP contribution in [0.4, 0.5) is 0 Å². The summed E-state index contributed by atoms with van der Waals surface area (Å²) in [7, 11) is 0. The molecule has 1 saturated carbocycles. The summed E-state index contributed by atoms with van der Waals surface area (Å²) in [6.45, 7) is 5.94. The molecule has 2 unspecified atom stereocenters. The zero-order chi connectivity index (χ0) is 22.7. The highest BCUT2D eigenvalue weighted by molar-refractivity contribution is 5.86. The third-order valence-electron chi connectivity index (χ3n) is 6.27. The van der Waals surface area contributed by atoms with Gasteiger partial charge < -0.3 is 19.0 Å². The van der Waals surface area contributed by atoms with Crippen molar-refractivity contribution in [3.05, 3.63) is 53.9 Å². The third kappa shape index (κ3) is 5.19. The van der Waals surface area contributed by atoms with Crippen molar-refractivity contribution in [3.8, 4) is 11.5 Å². The molecule has 1 aliphatic carbocycles. The highest BCUT2D eigenvalue weighted by Gasteiger charge is 2.31. The summed E-state index contributed by atoms with van der Waals surface area (Å²) in [5.41, 5.74) is 0.609. The van der Waals surface area contributed by atoms with Crippen LogP contribution in [0.2, 0.25) is 0 Å². The van der Waals surface area contributed by atoms with Crippen molar-refractivity contribution in [2.24, 2.45) is 5.92 Å². The molecule has 6 heteroatoms. The third-order valence-corrected chi connectivity index (χ3v) is 6.27. The van der Waals surface area contributed by atoms with Crippen molar-refractivity contribution < 1.29 is 23.8 Å². The van der Waals surface area contributed by atoms with Crippen LogP contribution >= 0.6 is 0 Å². The van der Waals surface area contributed by atoms with Crippen molar-refractivity contribution in [1.82, 2.24) is 4.98 Å². The maximum absolute atomic E-state index is 11.3. The summed E-state index contributed by atoms with van der Waals surface area (Å²) < 4.78 is 17.8. The van der Waals surface area contributed by atoms with Crippen LogP contribution in [0.25, 0.3) is 22.2 Å². The Bertz CT molecular complexity index is 1090. The van der Waals surface area contributed by atoms with Gasteiger partial charge in [0.2, 0.25) is 5.89 Å². The molecule has 0 amide bonds. The molecule has 1 N–H and O–H groups in total. The maximum atomic E-state index is 11.3. The zero-order valence-electron chi connectivity index (χ0n) is 19.0. The Morgan fingerprint density at radius 1 is 1.19 bits per heavy atom. The van der Waals surface area contributed by atoms with Gasteiger partial charge in [-0.2, -0.15) is 0 Å². The standard InChI is InChI=1S/C26H31NO5/c1-17-23(27-24(32-17)21-12-11-19-8-4-5-9-20(19)14-21)16-30-22-10-6-7-18(13-22)15-31-26(2,3)25(28)29/h4-5,8-9,11-12,14,18,22H,6-7,10,13,15-16H2,1-3H3,(H,28,29). The molecule has 0 spiro atoms. The molecule has 1 aliphatic rings. The summed E-state index contributed by atoms with van der Waals surface area (Å²) in [6.07, 6.45) is 4.06. The van der Waals surface area contributed by atoms with Gasteiger partial charge in [0.15, 0.2) is 5.60 Å². The van der Waals surface area contributed by atoms with E-state index in [-0.39, 0.29) is 6.10 Å². The molecule has 2 aromatic carbocycles. The molecule has 0 saturated heterocycles. The highest BCUT2D eigenvalue weighted by atomic mass is 16.5. The Kier molecular flexibility index (Phi) is 6.63. The fourth-order valence-corrected chi connectivity index (χ4v) is 4.14. The predicted octanol–water partition coefficient (Wildman–Crippen LogP) is 5.76. The molecule has 0 bridgehead atoms. The SMILES string of the molecule is Cc1oc(-c2ccc3ccccc3c2)nc1COC1CCCC(COC(C)(C)C(=O)O)C1. The second-order valence-corrected chi connectivity index (χ2v) is 9.18. The number of hydrogen-bond acceptors (Lipinski definition) is 5. The minimum atomic E-state index is -1.16. The number of carboxylic acid groups (broad SMARTS) is 1. The number of fused-ring (bicyclic) bond motifs is 1. The lowest BCUT2D eigenvalue weighted by Crippen LogP contribution is -2.37. The van der Waals surface area contributed by atoms with E-state index in [1.165, 1.54) is 5.39 Å². The number of ether oxygens (including phenoxy) is 2. The number of aromatic nitrogens is 1. The molecular formula is C26H31NO5. The van der Waals surface area contributed by atoms with Crippen molar-refractivity contribution in [2.45, 2.75) is 64.8 Å². The van der Waals surface area contributed by atoms with Crippen molar-refractivity contribution in [2.75, 3.05) is 6.61 Å². The van der Waals surface area contributed by atoms with Crippen LogP contribution in [0.5, 0.6) is 0 Å². The van der Waals surface area contributed by atoms with Crippen LogP contribution in [0, 0.1) is 12.8 Å². The lowest BCUT2D eigenvalue weighted by Gasteiger charge is -2.31. The molecule has 170 valence electrons. The Balaban J connectivity index is 1.35. The largest absolute Gasteiger partial charge is 0.479 e. The molecule has 6 nitrogen and oxygen atoms in total. The van der Waals surface area contributed by atoms with Gasteiger partial charge >= 0.3 is 5.97 Å². The number of hydrogen-bond donors (Lipinski definition) is 1. The van der Waals surface area contributed by atoms with E-state index in [0.29, 0.717) is 25.0 Å². The Labute approximate surface area is 188 Å². The van der Waals surface area contributed by atoms with E-state index < -0.39 is 11.6 Å². The molecule has 4 rings (SSSR count). The zero-order valence-corrected chi connectivity index (χ0v) is 19.0. The van der Waals surface area contributed by atoms with E-state index in [0.717, 1.165) is 48.1 Å². The van der Waals surface area contributed by atoms with E-state index in [9.17, 15) is 9.90 Å². The van der Waals surface area contributed by atoms with E-state index in [1.54, 1.807) is 13.8 Å². The first kappa shape index (κ1) is 22.5. The van der Waals surface area contributed by atoms with Crippen LogP contribution in [0.1, 0.15) is 51.0 Å². The van der Waals surface area contributed by atoms with E-state index >= 15 is 0 Å². The second-order valence-electron chi connectivity index (χ2n) is 9.18. The average molecular weight is 438 g/mol. The molecule has 1 heterocycles. The summed E-state index contributed by atoms with van der Waals surface area (Å²) in [4.78, 5) is 15.9. The van der Waals surface area contributed by atoms with E-state index in [2.05, 4.69) is 24.3 Å². The van der Waals surface area contributed by atoms with Gasteiger partial charge in [-0.3, -0.25) is 0 Å². The predicted molar refractivity (Wildman–Crippen MR) is 122 cm³/mol. The van der Waals surface area contributed by atoms with E-state index in [4.69, 9.17) is 18.9 Å². The Morgan fingerprint density at radius 2 is 1.97 bits per heavy atom. The van der Waals surface area contributed by atoms with Crippen LogP contribution in [-0.2, 0) is 20.9 Å². The van der Waals surface area contributed by atoms with Crippen molar-refractivity contribution in [3.63, 3.8) is 0 Å². The summed E-state index contributed by atoms with van der Waals surface area (Å²) in [5, 5.41) is 11.6. The van der Waals surface area contributed by atoms with Crippen LogP contribution < -0.4 is 0 Å². The Morgan fingerprint density at radius 3 is 2.75 bits per heavy atom. The lowest BCUT2D eigenvalue weighted by molar-refractivity contribution is -0.163. The lowest BCUT2D eigenvalue weighted by atomic mass is 9.87. The number of carbonyl (C=O) groups is 1. The highest BCUT2D eigenvalue weighted by Crippen LogP contribution is 2.30. The minimum absolute atomic E-state index is 0.116. The average Bonchev–Trinajstić information content (AvgIpc) is 3.17. The number of nitrogens with zero attached hydrogens (tertiary/aromatic N) is 1. The molecule has 0 radical (unpaired) electrons. The second kappa shape index (κ2) is 9.43. The van der Waals surface area contributed by atoms with Crippen LogP contribution in [-0.4, -0.2) is 34.4 Å². The van der Waals surface area contributed by atoms with Gasteiger partial charge in [0.25, 0.3) is 0 Å². The number of oxazole rings is 1. The summed E-state index contributed by atoms with van der Waals surface area (Å²) in [6, 6.07) is 14.4. The van der Waals surface area contributed by atoms with Gasteiger partial charge in [0.1, 0.15) is 11.5 Å². The molecule has 1 aromatic heterocycles. The van der Waals surface area contributed by atoms with Gasteiger partial charge in [-0.05, 0) is 68.9 Å². The van der Waals surface area contributed by atoms with Gasteiger partial charge in [-0.15, -0.1) is 0 Å². The van der Waals surface area contributed by atoms with Crippen LogP contribution in [0.15, 0.2) is 46.9 Å². The van der Waals surface area contributed by atoms with E-state index in [1.807, 2.05) is 25.1 Å². The minimum Gasteiger partial charge on any atom is -0.479 e. The monoisotopic (exact) mass is 437 g/mol. The first-order valence-electron chi connectivity index (χ1n) is 11.3. The number of benzene rings is 2. The first-order chi connectivity index (χ1) is 15.3. The Hall–Kier alpha value is -2.70. The van der Waals surface area contributed by atoms with Gasteiger partial charge in [0.05, 0.1) is 19.3 Å². The van der Waals surface area contributed by atoms with Gasteiger partial charge in [0, 0.05) is 5.56 Å². The van der Waals surface area contributed by atoms with Gasteiger partial charge in [-0.25, -0.2) is 9.78 Å². The number of aryl methyl sites for hydroxylation is 1. The number of rotatable bonds is 8. The molecule has 0 aliphatic heterocycles. The van der Waals surface area contributed by atoms with Crippen molar-refractivity contribution in [1.29, 1.82) is 0 Å². The quantitative estimate of drug-likeness (QED) is 0.483.